The van der Waals surface area contributed by atoms with E-state index in [1.165, 1.54) is 11.8 Å². The quantitative estimate of drug-likeness (QED) is 0.278. The molecule has 160 valence electrons. The highest BCUT2D eigenvalue weighted by molar-refractivity contribution is 5.89. The van der Waals surface area contributed by atoms with Crippen LogP contribution in [0.25, 0.3) is 22.4 Å². The maximum atomic E-state index is 12.2. The lowest BCUT2D eigenvalue weighted by Crippen LogP contribution is -2.29. The van der Waals surface area contributed by atoms with Crippen molar-refractivity contribution in [2.75, 3.05) is 11.9 Å². The summed E-state index contributed by atoms with van der Waals surface area (Å²) in [6, 6.07) is 21.0. The van der Waals surface area contributed by atoms with Crippen molar-refractivity contribution in [3.8, 4) is 11.3 Å². The lowest BCUT2D eigenvalue weighted by atomic mass is 10.1. The third-order valence-corrected chi connectivity index (χ3v) is 5.02. The van der Waals surface area contributed by atoms with Gasteiger partial charge < -0.3 is 10.7 Å². The summed E-state index contributed by atoms with van der Waals surface area (Å²) < 4.78 is 0. The van der Waals surface area contributed by atoms with Crippen LogP contribution < -0.4 is 10.6 Å². The van der Waals surface area contributed by atoms with E-state index in [1.807, 2.05) is 42.5 Å². The molecule has 7 heteroatoms. The first-order valence-electron chi connectivity index (χ1n) is 10.5. The predicted molar refractivity (Wildman–Crippen MR) is 127 cm³/mol. The summed E-state index contributed by atoms with van der Waals surface area (Å²) >= 11 is 0. The third kappa shape index (κ3) is 5.51. The second-order valence-electron chi connectivity index (χ2n) is 7.39. The molecule has 2 heterocycles. The molecule has 0 saturated heterocycles. The molecule has 0 aliphatic rings. The van der Waals surface area contributed by atoms with Gasteiger partial charge in [0.25, 0.3) is 0 Å². The van der Waals surface area contributed by atoms with E-state index >= 15 is 0 Å². The van der Waals surface area contributed by atoms with Crippen LogP contribution in [0, 0.1) is 5.41 Å². The molecule has 2 aromatic heterocycles. The standard InChI is InChI=1S/C25H24N6O/c26-16-19-10-6-11-20(15-19)22-17-28-21-12-13-23(30-24(21)29-22)31-25(32)27-14-5-4-9-18-7-2-1-3-8-18/h1-3,6-8,10-13,15-17,26H,4-5,9,14H2,(H2,27,29,30,31,32). The molecule has 0 unspecified atom stereocenters. The first-order chi connectivity index (χ1) is 15.7. The highest BCUT2D eigenvalue weighted by Crippen LogP contribution is 2.20. The molecule has 0 saturated carbocycles. The van der Waals surface area contributed by atoms with Crippen LogP contribution in [0.4, 0.5) is 10.6 Å². The van der Waals surface area contributed by atoms with Gasteiger partial charge >= 0.3 is 6.03 Å². The number of anilines is 1. The van der Waals surface area contributed by atoms with Gasteiger partial charge in [-0.25, -0.2) is 14.8 Å². The van der Waals surface area contributed by atoms with E-state index in [2.05, 4.69) is 37.7 Å². The van der Waals surface area contributed by atoms with Crippen LogP contribution >= 0.6 is 0 Å². The molecule has 0 fully saturated rings. The van der Waals surface area contributed by atoms with Gasteiger partial charge in [0.05, 0.1) is 11.9 Å². The summed E-state index contributed by atoms with van der Waals surface area (Å²) in [6.07, 6.45) is 5.88. The zero-order chi connectivity index (χ0) is 22.2. The number of fused-ring (bicyclic) bond motifs is 1. The van der Waals surface area contributed by atoms with Crippen LogP contribution in [-0.4, -0.2) is 33.7 Å². The molecule has 32 heavy (non-hydrogen) atoms. The fourth-order valence-corrected chi connectivity index (χ4v) is 3.36. The van der Waals surface area contributed by atoms with Crippen molar-refractivity contribution in [3.63, 3.8) is 0 Å². The maximum absolute atomic E-state index is 12.2. The Morgan fingerprint density at radius 3 is 2.69 bits per heavy atom. The maximum Gasteiger partial charge on any atom is 0.320 e. The molecule has 0 spiro atoms. The smallest absolute Gasteiger partial charge is 0.320 e. The molecular formula is C25H24N6O. The summed E-state index contributed by atoms with van der Waals surface area (Å²) in [4.78, 5) is 25.7. The van der Waals surface area contributed by atoms with Crippen molar-refractivity contribution in [3.05, 3.63) is 84.1 Å². The number of unbranched alkanes of at least 4 members (excludes halogenated alkanes) is 1. The zero-order valence-corrected chi connectivity index (χ0v) is 17.6. The molecule has 3 N–H and O–H groups in total. The van der Waals surface area contributed by atoms with E-state index in [4.69, 9.17) is 5.41 Å². The van der Waals surface area contributed by atoms with Crippen LogP contribution in [-0.2, 0) is 6.42 Å². The highest BCUT2D eigenvalue weighted by atomic mass is 16.2. The fourth-order valence-electron chi connectivity index (χ4n) is 3.36. The number of hydrogen-bond acceptors (Lipinski definition) is 5. The van der Waals surface area contributed by atoms with Crippen molar-refractivity contribution >= 4 is 29.2 Å². The van der Waals surface area contributed by atoms with Gasteiger partial charge in [0.2, 0.25) is 0 Å². The number of nitrogens with zero attached hydrogens (tertiary/aromatic N) is 3. The molecule has 4 rings (SSSR count). The second-order valence-corrected chi connectivity index (χ2v) is 7.39. The Labute approximate surface area is 186 Å². The minimum atomic E-state index is -0.292. The summed E-state index contributed by atoms with van der Waals surface area (Å²) in [5.41, 5.74) is 4.70. The van der Waals surface area contributed by atoms with Crippen molar-refractivity contribution in [2.24, 2.45) is 0 Å². The van der Waals surface area contributed by atoms with E-state index in [-0.39, 0.29) is 6.03 Å². The van der Waals surface area contributed by atoms with Gasteiger partial charge in [-0.05, 0) is 48.6 Å². The monoisotopic (exact) mass is 424 g/mol. The van der Waals surface area contributed by atoms with E-state index < -0.39 is 0 Å². The van der Waals surface area contributed by atoms with Crippen LogP contribution in [0.2, 0.25) is 0 Å². The Bertz CT molecular complexity index is 1230. The number of benzene rings is 2. The number of carbonyl (C=O) groups excluding carboxylic acids is 1. The number of amides is 2. The van der Waals surface area contributed by atoms with Crippen molar-refractivity contribution in [1.29, 1.82) is 5.41 Å². The average molecular weight is 425 g/mol. The highest BCUT2D eigenvalue weighted by Gasteiger charge is 2.08. The summed E-state index contributed by atoms with van der Waals surface area (Å²) in [5, 5.41) is 13.0. The summed E-state index contributed by atoms with van der Waals surface area (Å²) in [6.45, 7) is 0.597. The van der Waals surface area contributed by atoms with Crippen LogP contribution in [0.15, 0.2) is 72.9 Å². The second kappa shape index (κ2) is 10.3. The first-order valence-corrected chi connectivity index (χ1v) is 10.5. The molecule has 0 atom stereocenters. The van der Waals surface area contributed by atoms with Crippen LogP contribution in [0.5, 0.6) is 0 Å². The number of pyridine rings is 1. The SMILES string of the molecule is N=Cc1cccc(-c2cnc3ccc(NC(=O)NCCCCc4ccccc4)nc3n2)c1. The molecular weight excluding hydrogens is 400 g/mol. The Morgan fingerprint density at radius 2 is 1.84 bits per heavy atom. The molecule has 0 aliphatic heterocycles. The number of aryl methyl sites for hydroxylation is 1. The van der Waals surface area contributed by atoms with Gasteiger partial charge in [0.15, 0.2) is 5.65 Å². The molecule has 0 aliphatic carbocycles. The fraction of sp³-hybridized carbons (Fsp3) is 0.160. The number of nitrogens with one attached hydrogen (secondary N) is 3. The van der Waals surface area contributed by atoms with Crippen molar-refractivity contribution in [1.82, 2.24) is 20.3 Å². The summed E-state index contributed by atoms with van der Waals surface area (Å²) in [5.74, 6) is 0.416. The third-order valence-electron chi connectivity index (χ3n) is 5.02. The number of hydrogen-bond donors (Lipinski definition) is 3. The molecule has 0 bridgehead atoms. The Hall–Kier alpha value is -4.13. The van der Waals surface area contributed by atoms with Gasteiger partial charge in [0.1, 0.15) is 11.3 Å². The molecule has 4 aromatic rings. The van der Waals surface area contributed by atoms with Gasteiger partial charge in [-0.2, -0.15) is 0 Å². The van der Waals surface area contributed by atoms with Crippen LogP contribution in [0.1, 0.15) is 24.0 Å². The Morgan fingerprint density at radius 1 is 0.969 bits per heavy atom. The normalized spacial score (nSPS) is 10.6. The molecule has 2 aromatic carbocycles. The Kier molecular flexibility index (Phi) is 6.77. The number of rotatable bonds is 8. The summed E-state index contributed by atoms with van der Waals surface area (Å²) in [7, 11) is 0. The lowest BCUT2D eigenvalue weighted by Gasteiger charge is -2.08. The Balaban J connectivity index is 1.34. The topological polar surface area (TPSA) is 104 Å². The van der Waals surface area contributed by atoms with Gasteiger partial charge in [-0.1, -0.05) is 48.5 Å². The molecule has 0 radical (unpaired) electrons. The van der Waals surface area contributed by atoms with Gasteiger partial charge in [0, 0.05) is 18.3 Å². The number of aromatic nitrogens is 3. The zero-order valence-electron chi connectivity index (χ0n) is 17.6. The van der Waals surface area contributed by atoms with E-state index in [0.29, 0.717) is 29.2 Å². The van der Waals surface area contributed by atoms with Crippen LogP contribution in [0.3, 0.4) is 0 Å². The van der Waals surface area contributed by atoms with E-state index in [9.17, 15) is 4.79 Å². The number of urea groups is 1. The number of carbonyl (C=O) groups is 1. The largest absolute Gasteiger partial charge is 0.338 e. The minimum Gasteiger partial charge on any atom is -0.338 e. The average Bonchev–Trinajstić information content (AvgIpc) is 2.84. The van der Waals surface area contributed by atoms with Gasteiger partial charge in [-0.3, -0.25) is 10.3 Å². The van der Waals surface area contributed by atoms with E-state index in [0.717, 1.165) is 30.4 Å². The molecule has 7 nitrogen and oxygen atoms in total. The first kappa shape index (κ1) is 21.1. The van der Waals surface area contributed by atoms with Gasteiger partial charge in [-0.15, -0.1) is 0 Å². The van der Waals surface area contributed by atoms with E-state index in [1.54, 1.807) is 18.3 Å². The predicted octanol–water partition coefficient (Wildman–Crippen LogP) is 4.83. The van der Waals surface area contributed by atoms with Crippen molar-refractivity contribution in [2.45, 2.75) is 19.3 Å². The molecule has 2 amide bonds. The minimum absolute atomic E-state index is 0.292. The van der Waals surface area contributed by atoms with Crippen molar-refractivity contribution < 1.29 is 4.79 Å². The lowest BCUT2D eigenvalue weighted by molar-refractivity contribution is 0.252.